The SMILES string of the molecule is CCNc1nc(C)c(-c2nc3c(C)nccc3s2)c(NC2CCC(CO)C2)n1. The van der Waals surface area contributed by atoms with Gasteiger partial charge in [0.15, 0.2) is 0 Å². The molecule has 8 heteroatoms. The number of aliphatic hydroxyl groups excluding tert-OH is 1. The smallest absolute Gasteiger partial charge is 0.224 e. The molecule has 1 aliphatic rings. The molecule has 0 aromatic carbocycles. The molecule has 2 atom stereocenters. The van der Waals surface area contributed by atoms with Crippen molar-refractivity contribution in [2.24, 2.45) is 5.92 Å². The fourth-order valence-electron chi connectivity index (χ4n) is 3.82. The quantitative estimate of drug-likeness (QED) is 0.582. The molecule has 1 saturated carbocycles. The third-order valence-electron chi connectivity index (χ3n) is 5.27. The minimum absolute atomic E-state index is 0.251. The van der Waals surface area contributed by atoms with E-state index < -0.39 is 0 Å². The van der Waals surface area contributed by atoms with Crippen LogP contribution in [-0.2, 0) is 0 Å². The van der Waals surface area contributed by atoms with Crippen molar-refractivity contribution in [2.45, 2.75) is 46.1 Å². The predicted octanol–water partition coefficient (Wildman–Crippen LogP) is 3.77. The Morgan fingerprint density at radius 2 is 2.04 bits per heavy atom. The number of nitrogens with zero attached hydrogens (tertiary/aromatic N) is 4. The third kappa shape index (κ3) is 3.66. The number of aliphatic hydroxyl groups is 1. The summed E-state index contributed by atoms with van der Waals surface area (Å²) in [6.07, 6.45) is 4.86. The highest BCUT2D eigenvalue weighted by atomic mass is 32.1. The van der Waals surface area contributed by atoms with Crippen LogP contribution in [0.2, 0.25) is 0 Å². The van der Waals surface area contributed by atoms with Crippen molar-refractivity contribution >= 4 is 33.3 Å². The number of fused-ring (bicyclic) bond motifs is 1. The second-order valence-electron chi connectivity index (χ2n) is 7.35. The van der Waals surface area contributed by atoms with E-state index in [1.807, 2.05) is 33.0 Å². The molecule has 0 aliphatic heterocycles. The highest BCUT2D eigenvalue weighted by Gasteiger charge is 2.26. The van der Waals surface area contributed by atoms with Crippen molar-refractivity contribution in [3.8, 4) is 10.6 Å². The third-order valence-corrected chi connectivity index (χ3v) is 6.31. The van der Waals surface area contributed by atoms with Crippen LogP contribution in [0.3, 0.4) is 0 Å². The number of thiazole rings is 1. The molecule has 3 aromatic heterocycles. The molecule has 7 nitrogen and oxygen atoms in total. The van der Waals surface area contributed by atoms with Crippen LogP contribution in [-0.4, -0.2) is 44.2 Å². The van der Waals surface area contributed by atoms with E-state index >= 15 is 0 Å². The molecule has 1 fully saturated rings. The van der Waals surface area contributed by atoms with Crippen molar-refractivity contribution in [1.29, 1.82) is 0 Å². The van der Waals surface area contributed by atoms with Crippen molar-refractivity contribution in [2.75, 3.05) is 23.8 Å². The molecule has 3 heterocycles. The molecule has 1 aliphatic carbocycles. The van der Waals surface area contributed by atoms with E-state index in [9.17, 15) is 5.11 Å². The lowest BCUT2D eigenvalue weighted by Crippen LogP contribution is -2.19. The fraction of sp³-hybridized carbons (Fsp3) is 0.500. The normalized spacial score (nSPS) is 19.3. The van der Waals surface area contributed by atoms with Gasteiger partial charge in [0.25, 0.3) is 0 Å². The highest BCUT2D eigenvalue weighted by molar-refractivity contribution is 7.21. The summed E-state index contributed by atoms with van der Waals surface area (Å²) >= 11 is 1.64. The van der Waals surface area contributed by atoms with Gasteiger partial charge in [-0.1, -0.05) is 0 Å². The van der Waals surface area contributed by atoms with E-state index in [0.29, 0.717) is 17.9 Å². The van der Waals surface area contributed by atoms with E-state index in [1.165, 1.54) is 0 Å². The summed E-state index contributed by atoms with van der Waals surface area (Å²) in [5.74, 6) is 1.81. The number of aromatic nitrogens is 4. The zero-order valence-corrected chi connectivity index (χ0v) is 17.3. The number of anilines is 2. The Kier molecular flexibility index (Phi) is 5.41. The number of pyridine rings is 1. The maximum atomic E-state index is 9.47. The lowest BCUT2D eigenvalue weighted by atomic mass is 10.1. The van der Waals surface area contributed by atoms with Crippen molar-refractivity contribution < 1.29 is 5.11 Å². The molecule has 0 bridgehead atoms. The standard InChI is InChI=1S/C20H26N6OS/c1-4-21-20-23-11(2)16(18(26-20)24-14-6-5-13(9-14)10-27)19-25-17-12(3)22-8-7-15(17)28-19/h7-8,13-14,27H,4-6,9-10H2,1-3H3,(H2,21,23,24,26). The average Bonchev–Trinajstić information content (AvgIpc) is 3.29. The molecule has 4 rings (SSSR count). The molecule has 2 unspecified atom stereocenters. The van der Waals surface area contributed by atoms with Gasteiger partial charge in [-0.05, 0) is 52.0 Å². The number of hydrogen-bond acceptors (Lipinski definition) is 8. The molecule has 3 aromatic rings. The summed E-state index contributed by atoms with van der Waals surface area (Å²) in [7, 11) is 0. The first-order valence-electron chi connectivity index (χ1n) is 9.81. The van der Waals surface area contributed by atoms with Gasteiger partial charge in [-0.3, -0.25) is 4.98 Å². The van der Waals surface area contributed by atoms with Gasteiger partial charge in [0.1, 0.15) is 16.3 Å². The van der Waals surface area contributed by atoms with Crippen LogP contribution in [0, 0.1) is 19.8 Å². The Morgan fingerprint density at radius 3 is 2.75 bits per heavy atom. The van der Waals surface area contributed by atoms with Crippen LogP contribution in [0.4, 0.5) is 11.8 Å². The number of aryl methyl sites for hydroxylation is 2. The summed E-state index contributed by atoms with van der Waals surface area (Å²) in [6, 6.07) is 2.31. The zero-order valence-electron chi connectivity index (χ0n) is 16.5. The number of nitrogens with one attached hydrogen (secondary N) is 2. The van der Waals surface area contributed by atoms with E-state index in [0.717, 1.165) is 63.8 Å². The van der Waals surface area contributed by atoms with Gasteiger partial charge in [-0.25, -0.2) is 9.97 Å². The zero-order chi connectivity index (χ0) is 19.7. The summed E-state index contributed by atoms with van der Waals surface area (Å²) in [4.78, 5) is 18.6. The minimum Gasteiger partial charge on any atom is -0.396 e. The molecular weight excluding hydrogens is 372 g/mol. The molecule has 0 saturated heterocycles. The van der Waals surface area contributed by atoms with Gasteiger partial charge in [-0.15, -0.1) is 11.3 Å². The Hall–Kier alpha value is -2.32. The van der Waals surface area contributed by atoms with Crippen LogP contribution in [0.25, 0.3) is 20.8 Å². The largest absolute Gasteiger partial charge is 0.396 e. The van der Waals surface area contributed by atoms with Gasteiger partial charge >= 0.3 is 0 Å². The minimum atomic E-state index is 0.251. The van der Waals surface area contributed by atoms with Gasteiger partial charge in [-0.2, -0.15) is 4.98 Å². The van der Waals surface area contributed by atoms with Gasteiger partial charge < -0.3 is 15.7 Å². The summed E-state index contributed by atoms with van der Waals surface area (Å²) in [6.45, 7) is 7.04. The van der Waals surface area contributed by atoms with E-state index in [-0.39, 0.29) is 6.61 Å². The van der Waals surface area contributed by atoms with Crippen LogP contribution in [0.1, 0.15) is 37.6 Å². The van der Waals surface area contributed by atoms with E-state index in [2.05, 4.69) is 20.6 Å². The maximum Gasteiger partial charge on any atom is 0.224 e. The number of rotatable bonds is 6. The maximum absolute atomic E-state index is 9.47. The van der Waals surface area contributed by atoms with Gasteiger partial charge in [0, 0.05) is 25.4 Å². The lowest BCUT2D eigenvalue weighted by molar-refractivity contribution is 0.229. The van der Waals surface area contributed by atoms with Gasteiger partial charge in [0.2, 0.25) is 5.95 Å². The highest BCUT2D eigenvalue weighted by Crippen LogP contribution is 2.38. The topological polar surface area (TPSA) is 95.9 Å². The molecule has 3 N–H and O–H groups in total. The Morgan fingerprint density at radius 1 is 1.18 bits per heavy atom. The predicted molar refractivity (Wildman–Crippen MR) is 114 cm³/mol. The van der Waals surface area contributed by atoms with Crippen molar-refractivity contribution in [3.63, 3.8) is 0 Å². The Bertz CT molecular complexity index is 988. The fourth-order valence-corrected chi connectivity index (χ4v) is 4.94. The Labute approximate surface area is 168 Å². The molecule has 28 heavy (non-hydrogen) atoms. The first-order valence-corrected chi connectivity index (χ1v) is 10.6. The molecular formula is C20H26N6OS. The summed E-state index contributed by atoms with van der Waals surface area (Å²) < 4.78 is 1.12. The van der Waals surface area contributed by atoms with Crippen LogP contribution in [0.15, 0.2) is 12.3 Å². The summed E-state index contributed by atoms with van der Waals surface area (Å²) in [5.41, 5.74) is 3.72. The first kappa shape index (κ1) is 19.0. The second kappa shape index (κ2) is 7.97. The molecule has 0 radical (unpaired) electrons. The monoisotopic (exact) mass is 398 g/mol. The molecule has 0 amide bonds. The summed E-state index contributed by atoms with van der Waals surface area (Å²) in [5, 5.41) is 17.2. The average molecular weight is 399 g/mol. The molecule has 0 spiro atoms. The second-order valence-corrected chi connectivity index (χ2v) is 8.38. The molecule has 148 valence electrons. The van der Waals surface area contributed by atoms with Crippen molar-refractivity contribution in [1.82, 2.24) is 19.9 Å². The first-order chi connectivity index (χ1) is 13.6. The number of hydrogen-bond donors (Lipinski definition) is 3. The van der Waals surface area contributed by atoms with Crippen LogP contribution in [0.5, 0.6) is 0 Å². The van der Waals surface area contributed by atoms with E-state index in [1.54, 1.807) is 11.3 Å². The van der Waals surface area contributed by atoms with Crippen molar-refractivity contribution in [3.05, 3.63) is 23.7 Å². The Balaban J connectivity index is 1.77. The van der Waals surface area contributed by atoms with Gasteiger partial charge in [0.05, 0.1) is 21.7 Å². The lowest BCUT2D eigenvalue weighted by Gasteiger charge is -2.18. The van der Waals surface area contributed by atoms with Crippen LogP contribution >= 0.6 is 11.3 Å². The van der Waals surface area contributed by atoms with Crippen LogP contribution < -0.4 is 10.6 Å². The van der Waals surface area contributed by atoms with E-state index in [4.69, 9.17) is 9.97 Å².